The zero-order chi connectivity index (χ0) is 15.1. The summed E-state index contributed by atoms with van der Waals surface area (Å²) in [5, 5.41) is 0. The zero-order valence-corrected chi connectivity index (χ0v) is 12.4. The fraction of sp³-hybridized carbons (Fsp3) is 0.294. The summed E-state index contributed by atoms with van der Waals surface area (Å²) in [5.41, 5.74) is 6.87. The van der Waals surface area contributed by atoms with Crippen LogP contribution in [0.2, 0.25) is 0 Å². The molecule has 0 radical (unpaired) electrons. The molecule has 4 nitrogen and oxygen atoms in total. The summed E-state index contributed by atoms with van der Waals surface area (Å²) in [7, 11) is 1.62. The van der Waals surface area contributed by atoms with Crippen LogP contribution in [0, 0.1) is 0 Å². The maximum Gasteiger partial charge on any atom is 0.161 e. The summed E-state index contributed by atoms with van der Waals surface area (Å²) in [6.07, 6.45) is 0. The van der Waals surface area contributed by atoms with Gasteiger partial charge in [0.2, 0.25) is 0 Å². The summed E-state index contributed by atoms with van der Waals surface area (Å²) in [6.45, 7) is 2.86. The Bertz CT molecular complexity index is 555. The van der Waals surface area contributed by atoms with E-state index in [1.165, 1.54) is 0 Å². The first-order valence-electron chi connectivity index (χ1n) is 6.95. The molecule has 0 aliphatic heterocycles. The Hall–Kier alpha value is -2.20. The molecule has 0 amide bonds. The third kappa shape index (κ3) is 4.39. The van der Waals surface area contributed by atoms with Gasteiger partial charge in [-0.2, -0.15) is 0 Å². The number of nitrogens with two attached hydrogens (primary N) is 1. The van der Waals surface area contributed by atoms with Crippen molar-refractivity contribution in [2.24, 2.45) is 5.73 Å². The maximum atomic E-state index is 5.86. The van der Waals surface area contributed by atoms with Crippen LogP contribution < -0.4 is 19.9 Å². The molecule has 0 aliphatic carbocycles. The molecule has 2 aromatic carbocycles. The van der Waals surface area contributed by atoms with Crippen molar-refractivity contribution >= 4 is 0 Å². The van der Waals surface area contributed by atoms with Gasteiger partial charge >= 0.3 is 0 Å². The van der Waals surface area contributed by atoms with Crippen LogP contribution in [-0.4, -0.2) is 20.3 Å². The SMILES string of the molecule is COc1cc(C(C)N)ccc1OCCOc1ccccc1. The molecule has 0 aromatic heterocycles. The molecule has 0 spiro atoms. The van der Waals surface area contributed by atoms with Crippen LogP contribution in [0.5, 0.6) is 17.2 Å². The Morgan fingerprint density at radius 3 is 2.33 bits per heavy atom. The molecular weight excluding hydrogens is 266 g/mol. The van der Waals surface area contributed by atoms with E-state index >= 15 is 0 Å². The van der Waals surface area contributed by atoms with Gasteiger partial charge in [0.15, 0.2) is 11.5 Å². The molecule has 21 heavy (non-hydrogen) atoms. The lowest BCUT2D eigenvalue weighted by Gasteiger charge is -2.14. The Balaban J connectivity index is 1.88. The molecule has 0 fully saturated rings. The van der Waals surface area contributed by atoms with Crippen LogP contribution >= 0.6 is 0 Å². The van der Waals surface area contributed by atoms with E-state index < -0.39 is 0 Å². The first-order chi connectivity index (χ1) is 10.2. The summed E-state index contributed by atoms with van der Waals surface area (Å²) >= 11 is 0. The second kappa shape index (κ2) is 7.55. The summed E-state index contributed by atoms with van der Waals surface area (Å²) in [4.78, 5) is 0. The minimum Gasteiger partial charge on any atom is -0.493 e. The van der Waals surface area contributed by atoms with Crippen molar-refractivity contribution in [3.05, 3.63) is 54.1 Å². The maximum absolute atomic E-state index is 5.86. The normalized spacial score (nSPS) is 11.8. The third-order valence-corrected chi connectivity index (χ3v) is 3.07. The molecule has 4 heteroatoms. The van der Waals surface area contributed by atoms with Crippen LogP contribution in [0.25, 0.3) is 0 Å². The van der Waals surface area contributed by atoms with E-state index in [4.69, 9.17) is 19.9 Å². The topological polar surface area (TPSA) is 53.7 Å². The Labute approximate surface area is 125 Å². The first kappa shape index (κ1) is 15.2. The number of rotatable bonds is 7. The zero-order valence-electron chi connectivity index (χ0n) is 12.4. The number of hydrogen-bond donors (Lipinski definition) is 1. The van der Waals surface area contributed by atoms with E-state index in [9.17, 15) is 0 Å². The van der Waals surface area contributed by atoms with Crippen molar-refractivity contribution in [3.63, 3.8) is 0 Å². The number of benzene rings is 2. The van der Waals surface area contributed by atoms with Crippen molar-refractivity contribution in [2.45, 2.75) is 13.0 Å². The van der Waals surface area contributed by atoms with E-state index in [0.29, 0.717) is 24.7 Å². The second-order valence-corrected chi connectivity index (χ2v) is 4.71. The largest absolute Gasteiger partial charge is 0.493 e. The summed E-state index contributed by atoms with van der Waals surface area (Å²) < 4.78 is 16.6. The fourth-order valence-corrected chi connectivity index (χ4v) is 1.91. The molecular formula is C17H21NO3. The predicted molar refractivity (Wildman–Crippen MR) is 83.0 cm³/mol. The lowest BCUT2D eigenvalue weighted by Crippen LogP contribution is -2.10. The van der Waals surface area contributed by atoms with Gasteiger partial charge < -0.3 is 19.9 Å². The average molecular weight is 287 g/mol. The number of para-hydroxylation sites is 1. The average Bonchev–Trinajstić information content (AvgIpc) is 2.52. The van der Waals surface area contributed by atoms with Gasteiger partial charge in [-0.15, -0.1) is 0 Å². The minimum atomic E-state index is -0.0330. The second-order valence-electron chi connectivity index (χ2n) is 4.71. The van der Waals surface area contributed by atoms with Gasteiger partial charge in [0.25, 0.3) is 0 Å². The van der Waals surface area contributed by atoms with Crippen LogP contribution in [-0.2, 0) is 0 Å². The molecule has 0 bridgehead atoms. The predicted octanol–water partition coefficient (Wildman–Crippen LogP) is 3.17. The van der Waals surface area contributed by atoms with Crippen LogP contribution in [0.1, 0.15) is 18.5 Å². The Morgan fingerprint density at radius 2 is 1.67 bits per heavy atom. The van der Waals surface area contributed by atoms with Gasteiger partial charge in [0.1, 0.15) is 19.0 Å². The van der Waals surface area contributed by atoms with E-state index in [0.717, 1.165) is 11.3 Å². The van der Waals surface area contributed by atoms with E-state index in [1.54, 1.807) is 7.11 Å². The highest BCUT2D eigenvalue weighted by molar-refractivity contribution is 5.43. The van der Waals surface area contributed by atoms with E-state index in [1.807, 2.05) is 55.5 Å². The standard InChI is InChI=1S/C17H21NO3/c1-13(18)14-8-9-16(17(12-14)19-2)21-11-10-20-15-6-4-3-5-7-15/h3-9,12-13H,10-11,18H2,1-2H3. The summed E-state index contributed by atoms with van der Waals surface area (Å²) in [5.74, 6) is 2.21. The van der Waals surface area contributed by atoms with Crippen LogP contribution in [0.3, 0.4) is 0 Å². The number of methoxy groups -OCH3 is 1. The van der Waals surface area contributed by atoms with Gasteiger partial charge in [0.05, 0.1) is 7.11 Å². The molecule has 2 rings (SSSR count). The molecule has 1 unspecified atom stereocenters. The summed E-state index contributed by atoms with van der Waals surface area (Å²) in [6, 6.07) is 15.3. The van der Waals surface area contributed by atoms with Gasteiger partial charge in [-0.3, -0.25) is 0 Å². The molecule has 0 saturated carbocycles. The van der Waals surface area contributed by atoms with Crippen LogP contribution in [0.15, 0.2) is 48.5 Å². The first-order valence-corrected chi connectivity index (χ1v) is 6.95. The molecule has 1 atom stereocenters. The highest BCUT2D eigenvalue weighted by Crippen LogP contribution is 2.29. The third-order valence-electron chi connectivity index (χ3n) is 3.07. The van der Waals surface area contributed by atoms with Gasteiger partial charge in [-0.1, -0.05) is 24.3 Å². The van der Waals surface area contributed by atoms with Gasteiger partial charge in [-0.25, -0.2) is 0 Å². The molecule has 0 saturated heterocycles. The molecule has 112 valence electrons. The van der Waals surface area contributed by atoms with Gasteiger partial charge in [-0.05, 0) is 36.8 Å². The Kier molecular flexibility index (Phi) is 5.46. The quantitative estimate of drug-likeness (QED) is 0.795. The molecule has 0 aliphatic rings. The smallest absolute Gasteiger partial charge is 0.161 e. The van der Waals surface area contributed by atoms with Crippen LogP contribution in [0.4, 0.5) is 0 Å². The van der Waals surface area contributed by atoms with Crippen molar-refractivity contribution in [1.82, 2.24) is 0 Å². The lowest BCUT2D eigenvalue weighted by molar-refractivity contribution is 0.211. The molecule has 0 heterocycles. The minimum absolute atomic E-state index is 0.0330. The van der Waals surface area contributed by atoms with Crippen molar-refractivity contribution in [3.8, 4) is 17.2 Å². The monoisotopic (exact) mass is 287 g/mol. The van der Waals surface area contributed by atoms with Crippen molar-refractivity contribution in [2.75, 3.05) is 20.3 Å². The Morgan fingerprint density at radius 1 is 0.952 bits per heavy atom. The lowest BCUT2D eigenvalue weighted by atomic mass is 10.1. The number of hydrogen-bond acceptors (Lipinski definition) is 4. The highest BCUT2D eigenvalue weighted by atomic mass is 16.5. The van der Waals surface area contributed by atoms with Gasteiger partial charge in [0, 0.05) is 6.04 Å². The van der Waals surface area contributed by atoms with E-state index in [2.05, 4.69) is 0 Å². The molecule has 2 aromatic rings. The van der Waals surface area contributed by atoms with Crippen molar-refractivity contribution in [1.29, 1.82) is 0 Å². The number of ether oxygens (including phenoxy) is 3. The van der Waals surface area contributed by atoms with E-state index in [-0.39, 0.29) is 6.04 Å². The highest BCUT2D eigenvalue weighted by Gasteiger charge is 2.08. The van der Waals surface area contributed by atoms with Crippen molar-refractivity contribution < 1.29 is 14.2 Å². The molecule has 2 N–H and O–H groups in total. The fourth-order valence-electron chi connectivity index (χ4n) is 1.91.